The zero-order valence-corrected chi connectivity index (χ0v) is 14.1. The predicted molar refractivity (Wildman–Crippen MR) is 97.7 cm³/mol. The Labute approximate surface area is 143 Å². The molecule has 0 saturated carbocycles. The lowest BCUT2D eigenvalue weighted by Gasteiger charge is -2.08. The molecule has 122 valence electrons. The average molecular weight is 318 g/mol. The minimum Gasteiger partial charge on any atom is -0.508 e. The Morgan fingerprint density at radius 3 is 1.42 bits per heavy atom. The van der Waals surface area contributed by atoms with Crippen LogP contribution in [0.5, 0.6) is 11.5 Å². The summed E-state index contributed by atoms with van der Waals surface area (Å²) < 4.78 is 0. The molecule has 0 unspecified atom stereocenters. The van der Waals surface area contributed by atoms with Gasteiger partial charge in [0.2, 0.25) is 0 Å². The van der Waals surface area contributed by atoms with Crippen molar-refractivity contribution in [1.29, 1.82) is 0 Å². The number of hydrogen-bond acceptors (Lipinski definition) is 2. The highest BCUT2D eigenvalue weighted by molar-refractivity contribution is 5.40. The number of aryl methyl sites for hydroxylation is 2. The summed E-state index contributed by atoms with van der Waals surface area (Å²) in [6.45, 7) is 3.84. The van der Waals surface area contributed by atoms with E-state index in [0.29, 0.717) is 11.5 Å². The minimum atomic E-state index is 0.343. The average Bonchev–Trinajstić information content (AvgIpc) is 2.55. The normalized spacial score (nSPS) is 10.8. The summed E-state index contributed by atoms with van der Waals surface area (Å²) >= 11 is 0. The van der Waals surface area contributed by atoms with Crippen LogP contribution in [-0.2, 0) is 12.8 Å². The van der Waals surface area contributed by atoms with Gasteiger partial charge in [-0.25, -0.2) is 0 Å². The van der Waals surface area contributed by atoms with E-state index >= 15 is 0 Å². The molecule has 0 amide bonds. The smallest absolute Gasteiger partial charge is 0.118 e. The lowest BCUT2D eigenvalue weighted by molar-refractivity contribution is 0.470. The van der Waals surface area contributed by atoms with Gasteiger partial charge in [0, 0.05) is 0 Å². The highest BCUT2D eigenvalue weighted by Crippen LogP contribution is 2.22. The van der Waals surface area contributed by atoms with E-state index in [1.165, 1.54) is 22.3 Å². The molecule has 0 fully saturated rings. The number of phenols is 2. The van der Waals surface area contributed by atoms with E-state index in [9.17, 15) is 10.2 Å². The van der Waals surface area contributed by atoms with Gasteiger partial charge >= 0.3 is 0 Å². The molecule has 3 aromatic rings. The van der Waals surface area contributed by atoms with Gasteiger partial charge in [0.25, 0.3) is 0 Å². The third kappa shape index (κ3) is 3.77. The van der Waals surface area contributed by atoms with Crippen LogP contribution in [0.1, 0.15) is 33.4 Å². The van der Waals surface area contributed by atoms with E-state index in [-0.39, 0.29) is 0 Å². The SMILES string of the molecule is Cc1cc(Cc2cccc(Cc3ccc(O)c(C)c3)c2)ccc1O. The third-order valence-corrected chi connectivity index (χ3v) is 4.33. The number of phenolic OH excluding ortho intramolecular Hbond substituents is 2. The first-order chi connectivity index (χ1) is 11.5. The van der Waals surface area contributed by atoms with E-state index in [0.717, 1.165) is 24.0 Å². The molecule has 0 heterocycles. The molecule has 2 heteroatoms. The van der Waals surface area contributed by atoms with Crippen molar-refractivity contribution in [2.75, 3.05) is 0 Å². The first kappa shape index (κ1) is 16.1. The highest BCUT2D eigenvalue weighted by Gasteiger charge is 2.04. The van der Waals surface area contributed by atoms with Crippen LogP contribution in [-0.4, -0.2) is 10.2 Å². The summed E-state index contributed by atoms with van der Waals surface area (Å²) in [5.41, 5.74) is 6.72. The second kappa shape index (κ2) is 6.79. The Morgan fingerprint density at radius 2 is 1.00 bits per heavy atom. The maximum Gasteiger partial charge on any atom is 0.118 e. The van der Waals surface area contributed by atoms with Crippen LogP contribution < -0.4 is 0 Å². The van der Waals surface area contributed by atoms with Crippen molar-refractivity contribution in [3.05, 3.63) is 94.0 Å². The molecule has 0 aliphatic heterocycles. The second-order valence-electron chi connectivity index (χ2n) is 6.42. The first-order valence-corrected chi connectivity index (χ1v) is 8.16. The molecule has 24 heavy (non-hydrogen) atoms. The molecular weight excluding hydrogens is 296 g/mol. The van der Waals surface area contributed by atoms with Crippen molar-refractivity contribution in [2.24, 2.45) is 0 Å². The van der Waals surface area contributed by atoms with Crippen molar-refractivity contribution in [1.82, 2.24) is 0 Å². The lowest BCUT2D eigenvalue weighted by atomic mass is 9.98. The summed E-state index contributed by atoms with van der Waals surface area (Å²) in [6, 6.07) is 20.1. The number of hydrogen-bond donors (Lipinski definition) is 2. The highest BCUT2D eigenvalue weighted by atomic mass is 16.3. The first-order valence-electron chi connectivity index (χ1n) is 8.16. The molecule has 2 nitrogen and oxygen atoms in total. The van der Waals surface area contributed by atoms with E-state index in [1.54, 1.807) is 12.1 Å². The molecule has 0 aromatic heterocycles. The molecular formula is C22H22O2. The van der Waals surface area contributed by atoms with Crippen LogP contribution in [0.15, 0.2) is 60.7 Å². The van der Waals surface area contributed by atoms with E-state index < -0.39 is 0 Å². The molecule has 0 atom stereocenters. The molecule has 0 aliphatic rings. The van der Waals surface area contributed by atoms with E-state index in [4.69, 9.17) is 0 Å². The number of aromatic hydroxyl groups is 2. The van der Waals surface area contributed by atoms with Gasteiger partial charge in [-0.1, -0.05) is 48.5 Å². The minimum absolute atomic E-state index is 0.343. The fraction of sp³-hybridized carbons (Fsp3) is 0.182. The fourth-order valence-electron chi connectivity index (χ4n) is 2.98. The van der Waals surface area contributed by atoms with Gasteiger partial charge in [0.1, 0.15) is 11.5 Å². The van der Waals surface area contributed by atoms with Gasteiger partial charge in [0.05, 0.1) is 0 Å². The van der Waals surface area contributed by atoms with Crippen molar-refractivity contribution < 1.29 is 10.2 Å². The predicted octanol–water partition coefficient (Wildman–Crippen LogP) is 4.90. The van der Waals surface area contributed by atoms with Crippen LogP contribution >= 0.6 is 0 Å². The van der Waals surface area contributed by atoms with Crippen molar-refractivity contribution >= 4 is 0 Å². The Morgan fingerprint density at radius 1 is 0.583 bits per heavy atom. The zero-order chi connectivity index (χ0) is 17.1. The Kier molecular flexibility index (Phi) is 4.57. The van der Waals surface area contributed by atoms with Crippen LogP contribution in [0.3, 0.4) is 0 Å². The quantitative estimate of drug-likeness (QED) is 0.718. The van der Waals surface area contributed by atoms with Gasteiger partial charge in [-0.3, -0.25) is 0 Å². The summed E-state index contributed by atoms with van der Waals surface area (Å²) in [5, 5.41) is 19.3. The molecule has 0 saturated heterocycles. The topological polar surface area (TPSA) is 40.5 Å². The molecule has 0 radical (unpaired) electrons. The zero-order valence-electron chi connectivity index (χ0n) is 14.1. The summed E-state index contributed by atoms with van der Waals surface area (Å²) in [4.78, 5) is 0. The van der Waals surface area contributed by atoms with Crippen LogP contribution in [0.2, 0.25) is 0 Å². The van der Waals surface area contributed by atoms with Gasteiger partial charge in [-0.15, -0.1) is 0 Å². The fourth-order valence-corrected chi connectivity index (χ4v) is 2.98. The Bertz CT molecular complexity index is 797. The van der Waals surface area contributed by atoms with Crippen molar-refractivity contribution in [3.8, 4) is 11.5 Å². The Balaban J connectivity index is 1.78. The molecule has 0 aliphatic carbocycles. The van der Waals surface area contributed by atoms with Crippen molar-refractivity contribution in [2.45, 2.75) is 26.7 Å². The van der Waals surface area contributed by atoms with Crippen LogP contribution in [0, 0.1) is 13.8 Å². The maximum atomic E-state index is 9.64. The third-order valence-electron chi connectivity index (χ3n) is 4.33. The van der Waals surface area contributed by atoms with E-state index in [2.05, 4.69) is 24.3 Å². The standard InChI is InChI=1S/C22H22O2/c1-15-10-19(6-8-21(15)23)13-17-4-3-5-18(12-17)14-20-7-9-22(24)16(2)11-20/h3-12,23-24H,13-14H2,1-2H3. The largest absolute Gasteiger partial charge is 0.508 e. The van der Waals surface area contributed by atoms with E-state index in [1.807, 2.05) is 38.1 Å². The monoisotopic (exact) mass is 318 g/mol. The van der Waals surface area contributed by atoms with Gasteiger partial charge < -0.3 is 10.2 Å². The number of benzene rings is 3. The molecule has 0 bridgehead atoms. The number of rotatable bonds is 4. The summed E-state index contributed by atoms with van der Waals surface area (Å²) in [7, 11) is 0. The lowest BCUT2D eigenvalue weighted by Crippen LogP contribution is -1.93. The van der Waals surface area contributed by atoms with Gasteiger partial charge in [0.15, 0.2) is 0 Å². The molecule has 3 rings (SSSR count). The Hall–Kier alpha value is -2.74. The van der Waals surface area contributed by atoms with Gasteiger partial charge in [-0.2, -0.15) is 0 Å². The molecule has 0 spiro atoms. The molecule has 2 N–H and O–H groups in total. The van der Waals surface area contributed by atoms with Gasteiger partial charge in [-0.05, 0) is 72.2 Å². The molecule has 3 aromatic carbocycles. The van der Waals surface area contributed by atoms with Crippen molar-refractivity contribution in [3.63, 3.8) is 0 Å². The summed E-state index contributed by atoms with van der Waals surface area (Å²) in [5.74, 6) is 0.686. The van der Waals surface area contributed by atoms with Crippen LogP contribution in [0.4, 0.5) is 0 Å². The maximum absolute atomic E-state index is 9.64. The van der Waals surface area contributed by atoms with Crippen LogP contribution in [0.25, 0.3) is 0 Å². The second-order valence-corrected chi connectivity index (χ2v) is 6.42. The summed E-state index contributed by atoms with van der Waals surface area (Å²) in [6.07, 6.45) is 1.70.